The van der Waals surface area contributed by atoms with E-state index in [0.29, 0.717) is 0 Å². The minimum absolute atomic E-state index is 0.000902. The van der Waals surface area contributed by atoms with Crippen LogP contribution < -0.4 is 15.5 Å². The van der Waals surface area contributed by atoms with Gasteiger partial charge in [-0.25, -0.2) is 4.79 Å². The van der Waals surface area contributed by atoms with Gasteiger partial charge in [-0.05, 0) is 67.3 Å². The highest BCUT2D eigenvalue weighted by Gasteiger charge is 2.25. The van der Waals surface area contributed by atoms with Gasteiger partial charge in [0.05, 0.1) is 6.04 Å². The van der Waals surface area contributed by atoms with Gasteiger partial charge >= 0.3 is 6.03 Å². The topological polar surface area (TPSA) is 60.2 Å². The van der Waals surface area contributed by atoms with Crippen molar-refractivity contribution in [1.29, 1.82) is 0 Å². The lowest BCUT2D eigenvalue weighted by atomic mass is 9.92. The third-order valence-corrected chi connectivity index (χ3v) is 5.61. The van der Waals surface area contributed by atoms with E-state index in [1.54, 1.807) is 0 Å². The van der Waals surface area contributed by atoms with E-state index in [1.807, 2.05) is 49.3 Å². The molecule has 0 aliphatic heterocycles. The molecule has 0 saturated heterocycles. The lowest BCUT2D eigenvalue weighted by Crippen LogP contribution is -2.34. The van der Waals surface area contributed by atoms with E-state index in [2.05, 4.69) is 43.7 Å². The normalized spacial score (nSPS) is 16.0. The van der Waals surface area contributed by atoms with Crippen LogP contribution in [0.1, 0.15) is 30.1 Å². The zero-order valence-corrected chi connectivity index (χ0v) is 17.1. The summed E-state index contributed by atoms with van der Waals surface area (Å²) in [6.07, 6.45) is 3.04. The van der Waals surface area contributed by atoms with Crippen molar-refractivity contribution in [3.63, 3.8) is 0 Å². The van der Waals surface area contributed by atoms with E-state index < -0.39 is 0 Å². The van der Waals surface area contributed by atoms with Crippen LogP contribution in [-0.2, 0) is 6.42 Å². The van der Waals surface area contributed by atoms with Crippen LogP contribution >= 0.6 is 15.9 Å². The number of carbonyl (C=O) groups is 1. The third-order valence-electron chi connectivity index (χ3n) is 5.12. The van der Waals surface area contributed by atoms with Crippen molar-refractivity contribution in [1.82, 2.24) is 10.3 Å². The predicted octanol–water partition coefficient (Wildman–Crippen LogP) is 5.20. The van der Waals surface area contributed by atoms with Gasteiger partial charge in [0.25, 0.3) is 0 Å². The summed E-state index contributed by atoms with van der Waals surface area (Å²) in [6, 6.07) is 13.9. The van der Waals surface area contributed by atoms with Gasteiger partial charge in [-0.1, -0.05) is 15.9 Å². The first-order valence-corrected chi connectivity index (χ1v) is 9.95. The number of fused-ring (bicyclic) bond motifs is 3. The summed E-state index contributed by atoms with van der Waals surface area (Å²) in [4.78, 5) is 18.1. The van der Waals surface area contributed by atoms with Crippen LogP contribution in [0.5, 0.6) is 0 Å². The predicted molar refractivity (Wildman–Crippen MR) is 115 cm³/mol. The number of benzene rings is 2. The number of urea groups is 1. The first-order chi connectivity index (χ1) is 13.0. The molecule has 1 aromatic heterocycles. The Morgan fingerprint density at radius 3 is 2.70 bits per heavy atom. The largest absolute Gasteiger partial charge is 0.378 e. The fourth-order valence-electron chi connectivity index (χ4n) is 3.75. The number of halogens is 1. The molecule has 0 bridgehead atoms. The van der Waals surface area contributed by atoms with Gasteiger partial charge in [-0.2, -0.15) is 0 Å². The second kappa shape index (κ2) is 7.27. The van der Waals surface area contributed by atoms with Gasteiger partial charge < -0.3 is 20.5 Å². The van der Waals surface area contributed by atoms with Crippen LogP contribution in [-0.4, -0.2) is 25.1 Å². The van der Waals surface area contributed by atoms with Gasteiger partial charge in [0.1, 0.15) is 0 Å². The molecule has 1 aliphatic rings. The molecule has 1 heterocycles. The smallest absolute Gasteiger partial charge is 0.319 e. The van der Waals surface area contributed by atoms with E-state index in [0.717, 1.165) is 46.3 Å². The molecule has 6 heteroatoms. The van der Waals surface area contributed by atoms with Gasteiger partial charge in [0, 0.05) is 46.5 Å². The number of carbonyl (C=O) groups excluding carboxylic acids is 1. The molecule has 5 nitrogen and oxygen atoms in total. The lowest BCUT2D eigenvalue weighted by Gasteiger charge is -2.24. The number of hydrogen-bond acceptors (Lipinski definition) is 2. The Morgan fingerprint density at radius 1 is 1.19 bits per heavy atom. The molecule has 0 radical (unpaired) electrons. The fourth-order valence-corrected chi connectivity index (χ4v) is 4.11. The maximum absolute atomic E-state index is 12.5. The maximum atomic E-state index is 12.5. The van der Waals surface area contributed by atoms with E-state index >= 15 is 0 Å². The van der Waals surface area contributed by atoms with Crippen LogP contribution in [0, 0.1) is 0 Å². The Labute approximate surface area is 167 Å². The second-order valence-corrected chi connectivity index (χ2v) is 8.11. The first kappa shape index (κ1) is 17.9. The van der Waals surface area contributed by atoms with Crippen molar-refractivity contribution in [2.75, 3.05) is 24.3 Å². The lowest BCUT2D eigenvalue weighted by molar-refractivity contribution is 0.247. The van der Waals surface area contributed by atoms with Gasteiger partial charge in [0.2, 0.25) is 0 Å². The summed E-state index contributed by atoms with van der Waals surface area (Å²) in [6.45, 7) is 0. The second-order valence-electron chi connectivity index (χ2n) is 7.19. The van der Waals surface area contributed by atoms with E-state index in [-0.39, 0.29) is 12.1 Å². The van der Waals surface area contributed by atoms with E-state index in [9.17, 15) is 4.79 Å². The number of nitrogens with one attached hydrogen (secondary N) is 3. The van der Waals surface area contributed by atoms with Gasteiger partial charge in [0.15, 0.2) is 0 Å². The highest BCUT2D eigenvalue weighted by atomic mass is 79.9. The number of rotatable bonds is 3. The molecular weight excluding hydrogens is 404 g/mol. The number of aryl methyl sites for hydroxylation is 1. The molecule has 2 amide bonds. The molecule has 2 aromatic carbocycles. The number of nitrogens with zero attached hydrogens (tertiary/aromatic N) is 1. The average Bonchev–Trinajstić information content (AvgIpc) is 3.01. The Hall–Kier alpha value is -2.47. The highest BCUT2D eigenvalue weighted by Crippen LogP contribution is 2.35. The van der Waals surface area contributed by atoms with Crippen LogP contribution in [0.4, 0.5) is 16.2 Å². The summed E-state index contributed by atoms with van der Waals surface area (Å²) in [5.41, 5.74) is 5.46. The quantitative estimate of drug-likeness (QED) is 0.539. The van der Waals surface area contributed by atoms with Crippen LogP contribution in [0.3, 0.4) is 0 Å². The molecule has 27 heavy (non-hydrogen) atoms. The Kier molecular flexibility index (Phi) is 4.83. The minimum Gasteiger partial charge on any atom is -0.378 e. The summed E-state index contributed by atoms with van der Waals surface area (Å²) in [7, 11) is 3.99. The SMILES string of the molecule is CN(C)c1ccc(NC(=O)NC2CCCc3c2[nH]c2ccc(Br)cc32)cc1. The molecular formula is C21H23BrN4O. The van der Waals surface area contributed by atoms with E-state index in [1.165, 1.54) is 10.9 Å². The molecule has 1 atom stereocenters. The summed E-state index contributed by atoms with van der Waals surface area (Å²) in [5, 5.41) is 7.31. The number of aromatic amines is 1. The van der Waals surface area contributed by atoms with Crippen LogP contribution in [0.25, 0.3) is 10.9 Å². The van der Waals surface area contributed by atoms with Crippen molar-refractivity contribution in [2.45, 2.75) is 25.3 Å². The summed E-state index contributed by atoms with van der Waals surface area (Å²) >= 11 is 3.55. The number of H-pyrrole nitrogens is 1. The monoisotopic (exact) mass is 426 g/mol. The Morgan fingerprint density at radius 2 is 1.96 bits per heavy atom. The van der Waals surface area contributed by atoms with Gasteiger partial charge in [-0.3, -0.25) is 0 Å². The summed E-state index contributed by atoms with van der Waals surface area (Å²) < 4.78 is 1.07. The van der Waals surface area contributed by atoms with Crippen molar-refractivity contribution in [3.05, 3.63) is 58.2 Å². The molecule has 1 unspecified atom stereocenters. The van der Waals surface area contributed by atoms with Crippen molar-refractivity contribution in [2.24, 2.45) is 0 Å². The minimum atomic E-state index is -0.176. The molecule has 3 N–H and O–H groups in total. The third kappa shape index (κ3) is 3.67. The average molecular weight is 427 g/mol. The van der Waals surface area contributed by atoms with Gasteiger partial charge in [-0.15, -0.1) is 0 Å². The van der Waals surface area contributed by atoms with Crippen molar-refractivity contribution >= 4 is 44.2 Å². The fraction of sp³-hybridized carbons (Fsp3) is 0.286. The van der Waals surface area contributed by atoms with Crippen LogP contribution in [0.2, 0.25) is 0 Å². The molecule has 0 saturated carbocycles. The zero-order chi connectivity index (χ0) is 19.0. The van der Waals surface area contributed by atoms with Crippen molar-refractivity contribution < 1.29 is 4.79 Å². The number of hydrogen-bond donors (Lipinski definition) is 3. The number of amides is 2. The van der Waals surface area contributed by atoms with Crippen LogP contribution in [0.15, 0.2) is 46.9 Å². The molecule has 140 valence electrons. The number of aromatic nitrogens is 1. The number of anilines is 2. The molecule has 1 aliphatic carbocycles. The summed E-state index contributed by atoms with van der Waals surface area (Å²) in [5.74, 6) is 0. The Bertz CT molecular complexity index is 978. The van der Waals surface area contributed by atoms with E-state index in [4.69, 9.17) is 0 Å². The maximum Gasteiger partial charge on any atom is 0.319 e. The zero-order valence-electron chi connectivity index (χ0n) is 15.5. The molecule has 0 fully saturated rings. The molecule has 0 spiro atoms. The molecule has 4 rings (SSSR count). The van der Waals surface area contributed by atoms with Crippen molar-refractivity contribution in [3.8, 4) is 0 Å². The molecule has 3 aromatic rings. The Balaban J connectivity index is 1.50. The highest BCUT2D eigenvalue weighted by molar-refractivity contribution is 9.10. The standard InChI is InChI=1S/C21H23BrN4O/c1-26(2)15-9-7-14(8-10-15)23-21(27)25-19-5-3-4-16-17-12-13(22)6-11-18(17)24-20(16)19/h6-12,19,24H,3-5H2,1-2H3,(H2,23,25,27). The first-order valence-electron chi connectivity index (χ1n) is 9.16.